The molecule has 2 aromatic rings. The molecule has 0 saturated carbocycles. The number of fused-ring (bicyclic) bond motifs is 1. The second-order valence-electron chi connectivity index (χ2n) is 5.43. The number of aliphatic carboxylic acids is 1. The third kappa shape index (κ3) is 3.33. The van der Waals surface area contributed by atoms with Crippen LogP contribution >= 0.6 is 0 Å². The van der Waals surface area contributed by atoms with E-state index in [0.717, 1.165) is 12.1 Å². The Bertz CT molecular complexity index is 760. The highest BCUT2D eigenvalue weighted by atomic mass is 16.4. The largest absolute Gasteiger partial charge is 0.480 e. The molecule has 8 nitrogen and oxygen atoms in total. The Hall–Kier alpha value is -2.64. The average Bonchev–Trinajstić information content (AvgIpc) is 2.91. The fraction of sp³-hybridized carbons (Fsp3) is 0.429. The van der Waals surface area contributed by atoms with E-state index in [9.17, 15) is 14.4 Å². The van der Waals surface area contributed by atoms with Gasteiger partial charge in [0.1, 0.15) is 18.4 Å². The topological polar surface area (TPSA) is 117 Å². The Balaban J connectivity index is 2.40. The first-order valence-corrected chi connectivity index (χ1v) is 6.98. The van der Waals surface area contributed by atoms with Gasteiger partial charge in [-0.05, 0) is 18.8 Å². The number of aromatic amines is 1. The summed E-state index contributed by atoms with van der Waals surface area (Å²) in [6.45, 7) is 3.62. The maximum absolute atomic E-state index is 12.2. The molecule has 0 aliphatic heterocycles. The number of hydrogen-bond donors (Lipinski definition) is 3. The minimum Gasteiger partial charge on any atom is -0.480 e. The maximum atomic E-state index is 12.2. The molecule has 0 bridgehead atoms. The van der Waals surface area contributed by atoms with Crippen LogP contribution in [0.15, 0.2) is 17.2 Å². The van der Waals surface area contributed by atoms with Crippen molar-refractivity contribution in [1.82, 2.24) is 19.9 Å². The van der Waals surface area contributed by atoms with Crippen LogP contribution in [0.1, 0.15) is 36.3 Å². The fourth-order valence-electron chi connectivity index (χ4n) is 2.14. The normalized spacial score (nSPS) is 11.0. The molecule has 0 aliphatic carbocycles. The molecule has 118 valence electrons. The summed E-state index contributed by atoms with van der Waals surface area (Å²) in [7, 11) is 0. The van der Waals surface area contributed by atoms with E-state index in [-0.39, 0.29) is 11.2 Å². The van der Waals surface area contributed by atoms with Crippen LogP contribution in [0.2, 0.25) is 0 Å². The Morgan fingerprint density at radius 1 is 1.45 bits per heavy atom. The molecule has 0 aliphatic rings. The quantitative estimate of drug-likeness (QED) is 0.715. The van der Waals surface area contributed by atoms with Crippen molar-refractivity contribution < 1.29 is 14.7 Å². The van der Waals surface area contributed by atoms with Crippen molar-refractivity contribution in [3.8, 4) is 0 Å². The standard InChI is InChI=1S/C14H18N4O4/c1-8(2)3-4-9-5-10(19)12(13-16-7-17-18(9)13)14(22)15-6-11(20)21/h5,7-8H,3-4,6H2,1-2H3,(H,15,22)(H,16,17)(H,20,21). The zero-order chi connectivity index (χ0) is 16.3. The minimum atomic E-state index is -1.18. The Kier molecular flexibility index (Phi) is 4.59. The number of H-pyrrole nitrogens is 1. The summed E-state index contributed by atoms with van der Waals surface area (Å²) in [4.78, 5) is 38.8. The summed E-state index contributed by atoms with van der Waals surface area (Å²) in [5.74, 6) is -1.44. The van der Waals surface area contributed by atoms with E-state index in [4.69, 9.17) is 5.11 Å². The van der Waals surface area contributed by atoms with Crippen molar-refractivity contribution in [3.05, 3.63) is 33.9 Å². The molecule has 0 unspecified atom stereocenters. The first kappa shape index (κ1) is 15.7. The van der Waals surface area contributed by atoms with Gasteiger partial charge in [-0.2, -0.15) is 0 Å². The lowest BCUT2D eigenvalue weighted by atomic mass is 10.1. The molecule has 2 aromatic heterocycles. The lowest BCUT2D eigenvalue weighted by Crippen LogP contribution is -2.33. The fourth-order valence-corrected chi connectivity index (χ4v) is 2.14. The van der Waals surface area contributed by atoms with Crippen LogP contribution < -0.4 is 10.7 Å². The van der Waals surface area contributed by atoms with Crippen LogP contribution in [0.25, 0.3) is 5.65 Å². The van der Waals surface area contributed by atoms with Gasteiger partial charge in [-0.25, -0.2) is 9.50 Å². The number of rotatable bonds is 6. The van der Waals surface area contributed by atoms with Crippen LogP contribution in [0.5, 0.6) is 0 Å². The van der Waals surface area contributed by atoms with Gasteiger partial charge in [0.15, 0.2) is 11.1 Å². The second kappa shape index (κ2) is 6.42. The maximum Gasteiger partial charge on any atom is 0.322 e. The Morgan fingerprint density at radius 3 is 2.82 bits per heavy atom. The number of aromatic nitrogens is 3. The number of carbonyl (C=O) groups is 2. The van der Waals surface area contributed by atoms with E-state index in [1.807, 2.05) is 0 Å². The number of carboxylic acid groups (broad SMARTS) is 1. The van der Waals surface area contributed by atoms with Gasteiger partial charge in [0.05, 0.1) is 0 Å². The molecule has 0 saturated heterocycles. The van der Waals surface area contributed by atoms with Gasteiger partial charge in [-0.1, -0.05) is 13.8 Å². The molecule has 3 N–H and O–H groups in total. The highest BCUT2D eigenvalue weighted by molar-refractivity contribution is 6.00. The van der Waals surface area contributed by atoms with Gasteiger partial charge >= 0.3 is 5.97 Å². The molecule has 0 fully saturated rings. The molecule has 2 heterocycles. The zero-order valence-electron chi connectivity index (χ0n) is 12.4. The smallest absolute Gasteiger partial charge is 0.322 e. The van der Waals surface area contributed by atoms with E-state index < -0.39 is 23.9 Å². The molecule has 0 radical (unpaired) electrons. The zero-order valence-corrected chi connectivity index (χ0v) is 12.4. The van der Waals surface area contributed by atoms with E-state index in [2.05, 4.69) is 29.2 Å². The summed E-state index contributed by atoms with van der Waals surface area (Å²) in [6, 6.07) is 1.39. The second-order valence-corrected chi connectivity index (χ2v) is 5.43. The van der Waals surface area contributed by atoms with Crippen LogP contribution in [-0.4, -0.2) is 38.1 Å². The van der Waals surface area contributed by atoms with Gasteiger partial charge in [0.2, 0.25) is 0 Å². The van der Waals surface area contributed by atoms with Crippen LogP contribution in [-0.2, 0) is 11.2 Å². The minimum absolute atomic E-state index is 0.157. The third-order valence-electron chi connectivity index (χ3n) is 3.25. The number of amides is 1. The average molecular weight is 306 g/mol. The van der Waals surface area contributed by atoms with Crippen molar-refractivity contribution >= 4 is 17.5 Å². The Labute approximate surface area is 126 Å². The van der Waals surface area contributed by atoms with E-state index in [0.29, 0.717) is 12.3 Å². The lowest BCUT2D eigenvalue weighted by Gasteiger charge is -2.09. The summed E-state index contributed by atoms with van der Waals surface area (Å²) >= 11 is 0. The monoisotopic (exact) mass is 306 g/mol. The molecule has 2 rings (SSSR count). The van der Waals surface area contributed by atoms with Crippen molar-refractivity contribution in [1.29, 1.82) is 0 Å². The number of carbonyl (C=O) groups excluding carboxylic acids is 1. The first-order chi connectivity index (χ1) is 10.4. The van der Waals surface area contributed by atoms with E-state index >= 15 is 0 Å². The summed E-state index contributed by atoms with van der Waals surface area (Å²) in [5.41, 5.74) is 0.319. The number of aryl methyl sites for hydroxylation is 1. The number of nitrogens with zero attached hydrogens (tertiary/aromatic N) is 2. The van der Waals surface area contributed by atoms with Gasteiger partial charge in [-0.15, -0.1) is 0 Å². The molecule has 0 atom stereocenters. The highest BCUT2D eigenvalue weighted by Crippen LogP contribution is 2.11. The van der Waals surface area contributed by atoms with E-state index in [1.165, 1.54) is 12.4 Å². The van der Waals surface area contributed by atoms with Gasteiger partial charge < -0.3 is 10.4 Å². The molecule has 22 heavy (non-hydrogen) atoms. The van der Waals surface area contributed by atoms with Gasteiger partial charge in [0, 0.05) is 11.8 Å². The van der Waals surface area contributed by atoms with Gasteiger partial charge in [0.25, 0.3) is 5.91 Å². The SMILES string of the molecule is CC(C)CCc1cc(=O)c(C(=O)NCC(=O)O)c2nc[nH]n12. The predicted octanol–water partition coefficient (Wildman–Crippen LogP) is 0.426. The van der Waals surface area contributed by atoms with Gasteiger partial charge in [-0.3, -0.25) is 19.5 Å². The highest BCUT2D eigenvalue weighted by Gasteiger charge is 2.19. The lowest BCUT2D eigenvalue weighted by molar-refractivity contribution is -0.135. The number of nitrogens with one attached hydrogen (secondary N) is 2. The predicted molar refractivity (Wildman–Crippen MR) is 78.9 cm³/mol. The summed E-state index contributed by atoms with van der Waals surface area (Å²) in [6.07, 6.45) is 2.96. The molecule has 8 heteroatoms. The number of hydrogen-bond acceptors (Lipinski definition) is 4. The molecule has 0 spiro atoms. The van der Waals surface area contributed by atoms with E-state index in [1.54, 1.807) is 4.52 Å². The van der Waals surface area contributed by atoms with Crippen molar-refractivity contribution in [2.24, 2.45) is 5.92 Å². The third-order valence-corrected chi connectivity index (χ3v) is 3.25. The summed E-state index contributed by atoms with van der Waals surface area (Å²) in [5, 5.41) is 13.7. The van der Waals surface area contributed by atoms with Crippen molar-refractivity contribution in [3.63, 3.8) is 0 Å². The van der Waals surface area contributed by atoms with Crippen molar-refractivity contribution in [2.75, 3.05) is 6.54 Å². The molecular weight excluding hydrogens is 288 g/mol. The van der Waals surface area contributed by atoms with Crippen LogP contribution in [0.3, 0.4) is 0 Å². The first-order valence-electron chi connectivity index (χ1n) is 6.98. The number of carboxylic acids is 1. The molecular formula is C14H18N4O4. The Morgan fingerprint density at radius 2 is 2.18 bits per heavy atom. The molecule has 1 amide bonds. The number of pyridine rings is 1. The van der Waals surface area contributed by atoms with Crippen LogP contribution in [0, 0.1) is 5.92 Å². The summed E-state index contributed by atoms with van der Waals surface area (Å²) < 4.78 is 1.58. The molecule has 0 aromatic carbocycles. The van der Waals surface area contributed by atoms with Crippen molar-refractivity contribution in [2.45, 2.75) is 26.7 Å². The van der Waals surface area contributed by atoms with Crippen LogP contribution in [0.4, 0.5) is 0 Å².